The molecule has 0 fully saturated rings. The number of hydrogen-bond donors (Lipinski definition) is 0. The third-order valence-electron chi connectivity index (χ3n) is 0. The first-order valence-electron chi connectivity index (χ1n) is 1.10. The molecule has 0 aromatic carbocycles. The summed E-state index contributed by atoms with van der Waals surface area (Å²) in [6.07, 6.45) is 0. The van der Waals surface area contributed by atoms with Gasteiger partial charge in [-0.3, -0.25) is 0 Å². The van der Waals surface area contributed by atoms with E-state index in [0.717, 1.165) is 0 Å². The third kappa shape index (κ3) is 98.3. The molecule has 0 aliphatic heterocycles. The summed E-state index contributed by atoms with van der Waals surface area (Å²) in [5, 5.41) is 0. The monoisotopic (exact) mass is 458 g/mol. The van der Waals surface area contributed by atoms with Crippen molar-refractivity contribution in [2.45, 2.75) is 0 Å². The van der Waals surface area contributed by atoms with Crippen LogP contribution in [0.1, 0.15) is 0 Å². The summed E-state index contributed by atoms with van der Waals surface area (Å²) in [6.45, 7) is 0. The third-order valence-corrected chi connectivity index (χ3v) is 0. The fraction of sp³-hybridized carbons (Fsp3) is 0. The fourth-order valence-corrected chi connectivity index (χ4v) is 0. The standard InChI is InChI=1S/3Ca.6O.2Sb/q3*+2;6*-1;;. The van der Waals surface area contributed by atoms with Gasteiger partial charge in [0.2, 0.25) is 0 Å². The Morgan fingerprint density at radius 1 is 0.455 bits per heavy atom. The molecule has 0 unspecified atom stereocenters. The van der Waals surface area contributed by atoms with Gasteiger partial charge in [-0.25, -0.2) is 0 Å². The van der Waals surface area contributed by atoms with Crippen LogP contribution in [-0.4, -0.2) is 156 Å². The molecule has 0 bridgehead atoms. The molecule has 0 spiro atoms. The summed E-state index contributed by atoms with van der Waals surface area (Å²) in [5.41, 5.74) is 0. The minimum absolute atomic E-state index is 0. The molecule has 0 aromatic heterocycles. The molecule has 0 aliphatic rings. The van der Waals surface area contributed by atoms with Gasteiger partial charge in [0, 0.05) is 0 Å². The maximum absolute atomic E-state index is 8.60. The quantitative estimate of drug-likeness (QED) is 0.330. The normalized spacial score (nSPS) is 6.55. The van der Waals surface area contributed by atoms with Crippen molar-refractivity contribution in [3.63, 3.8) is 0 Å². The SMILES string of the molecule is [Ca+2].[Ca+2].[Ca+2].[O-][Sb]([O-])[O-].[O-][Sb]([O-])[O-]. The Balaban J connectivity index is -0.0000000171. The molecular weight excluding hydrogens is 460 g/mol. The van der Waals surface area contributed by atoms with Gasteiger partial charge in [-0.05, 0) is 0 Å². The predicted molar refractivity (Wildman–Crippen MR) is 28.8 cm³/mol. The Morgan fingerprint density at radius 3 is 0.455 bits per heavy atom. The first-order valence-corrected chi connectivity index (χ1v) is 7.35. The second kappa shape index (κ2) is 24.4. The minimum atomic E-state index is -4.20. The van der Waals surface area contributed by atoms with Gasteiger partial charge in [0.1, 0.15) is 0 Å². The van der Waals surface area contributed by atoms with E-state index in [4.69, 9.17) is 20.3 Å². The summed E-state index contributed by atoms with van der Waals surface area (Å²) in [6, 6.07) is 0. The van der Waals surface area contributed by atoms with Gasteiger partial charge in [-0.2, -0.15) is 0 Å². The summed E-state index contributed by atoms with van der Waals surface area (Å²) < 4.78 is 51.6. The van der Waals surface area contributed by atoms with E-state index in [0.29, 0.717) is 0 Å². The summed E-state index contributed by atoms with van der Waals surface area (Å²) in [5.74, 6) is 0. The van der Waals surface area contributed by atoms with Gasteiger partial charge in [-0.1, -0.05) is 0 Å². The van der Waals surface area contributed by atoms with Gasteiger partial charge < -0.3 is 0 Å². The van der Waals surface area contributed by atoms with Gasteiger partial charge in [0.15, 0.2) is 0 Å². The summed E-state index contributed by atoms with van der Waals surface area (Å²) >= 11 is -8.40. The number of rotatable bonds is 0. The maximum atomic E-state index is 8.60. The van der Waals surface area contributed by atoms with Crippen molar-refractivity contribution in [1.82, 2.24) is 0 Å². The Bertz CT molecular complexity index is 31.3. The average Bonchev–Trinajstić information content (AvgIpc) is 1.25. The van der Waals surface area contributed by atoms with Crippen molar-refractivity contribution < 1.29 is 20.3 Å². The van der Waals surface area contributed by atoms with E-state index in [2.05, 4.69) is 0 Å². The van der Waals surface area contributed by atoms with E-state index in [1.54, 1.807) is 0 Å². The van der Waals surface area contributed by atoms with Gasteiger partial charge in [-0.15, -0.1) is 0 Å². The molecule has 0 radical (unpaired) electrons. The van der Waals surface area contributed by atoms with Crippen LogP contribution in [0.15, 0.2) is 0 Å². The van der Waals surface area contributed by atoms with Crippen molar-refractivity contribution in [3.05, 3.63) is 0 Å². The molecule has 0 aliphatic carbocycles. The number of hydrogen-bond acceptors (Lipinski definition) is 6. The average molecular weight is 460 g/mol. The van der Waals surface area contributed by atoms with Crippen molar-refractivity contribution in [1.29, 1.82) is 0 Å². The van der Waals surface area contributed by atoms with E-state index in [1.807, 2.05) is 0 Å². The molecule has 6 nitrogen and oxygen atoms in total. The van der Waals surface area contributed by atoms with E-state index in [-0.39, 0.29) is 113 Å². The van der Waals surface area contributed by atoms with Crippen molar-refractivity contribution in [2.24, 2.45) is 0 Å². The van der Waals surface area contributed by atoms with E-state index >= 15 is 0 Å². The van der Waals surface area contributed by atoms with E-state index in [9.17, 15) is 0 Å². The topological polar surface area (TPSA) is 138 Å². The fourth-order valence-electron chi connectivity index (χ4n) is 0. The first kappa shape index (κ1) is 29.8. The molecule has 0 atom stereocenters. The van der Waals surface area contributed by atoms with Crippen LogP contribution in [0, 0.1) is 0 Å². The summed E-state index contributed by atoms with van der Waals surface area (Å²) in [4.78, 5) is 0. The van der Waals surface area contributed by atoms with Crippen LogP contribution in [0.25, 0.3) is 0 Å². The van der Waals surface area contributed by atoms with Crippen molar-refractivity contribution in [3.8, 4) is 0 Å². The molecule has 0 heterocycles. The van der Waals surface area contributed by atoms with Crippen LogP contribution in [0.3, 0.4) is 0 Å². The Morgan fingerprint density at radius 2 is 0.455 bits per heavy atom. The van der Waals surface area contributed by atoms with E-state index in [1.165, 1.54) is 0 Å². The zero-order valence-electron chi connectivity index (χ0n) is 5.47. The molecule has 0 aromatic rings. The second-order valence-electron chi connectivity index (χ2n) is 0.447. The van der Waals surface area contributed by atoms with Crippen LogP contribution in [0.4, 0.5) is 0 Å². The van der Waals surface area contributed by atoms with E-state index < -0.39 is 42.9 Å². The molecule has 0 amide bonds. The van der Waals surface area contributed by atoms with Gasteiger partial charge >= 0.3 is 176 Å². The van der Waals surface area contributed by atoms with Gasteiger partial charge in [0.05, 0.1) is 0 Å². The molecule has 11 heteroatoms. The van der Waals surface area contributed by atoms with Crippen LogP contribution in [0.5, 0.6) is 0 Å². The molecule has 0 saturated heterocycles. The van der Waals surface area contributed by atoms with Crippen LogP contribution in [0.2, 0.25) is 0 Å². The van der Waals surface area contributed by atoms with Crippen LogP contribution >= 0.6 is 0 Å². The Hall–Kier alpha value is 5.18. The molecular formula is Ca3O6Sb2. The van der Waals surface area contributed by atoms with Crippen LogP contribution < -0.4 is 20.3 Å². The van der Waals surface area contributed by atoms with Crippen molar-refractivity contribution >= 4 is 156 Å². The first-order chi connectivity index (χ1) is 3.46. The van der Waals surface area contributed by atoms with Crippen LogP contribution in [-0.2, 0) is 0 Å². The molecule has 0 rings (SSSR count). The Kier molecular flexibility index (Phi) is 66.2. The predicted octanol–water partition coefficient (Wildman–Crippen LogP) is -9.04. The molecule has 52 valence electrons. The zero-order valence-corrected chi connectivity index (χ0v) is 17.2. The Labute approximate surface area is 171 Å². The van der Waals surface area contributed by atoms with Crippen molar-refractivity contribution in [2.75, 3.05) is 0 Å². The molecule has 0 N–H and O–H groups in total. The molecule has 11 heavy (non-hydrogen) atoms. The second-order valence-corrected chi connectivity index (χ2v) is 3.00. The molecule has 0 saturated carbocycles. The summed E-state index contributed by atoms with van der Waals surface area (Å²) in [7, 11) is 0. The zero-order chi connectivity index (χ0) is 7.15. The van der Waals surface area contributed by atoms with Gasteiger partial charge in [0.25, 0.3) is 0 Å².